The number of hydrogen-bond acceptors (Lipinski definition) is 5. The lowest BCUT2D eigenvalue weighted by Gasteiger charge is -2.12. The second-order valence-corrected chi connectivity index (χ2v) is 5.30. The largest absolute Gasteiger partial charge is 0.493 e. The molecule has 0 amide bonds. The van der Waals surface area contributed by atoms with Gasteiger partial charge in [-0.25, -0.2) is 0 Å². The third kappa shape index (κ3) is 6.65. The van der Waals surface area contributed by atoms with E-state index < -0.39 is 0 Å². The molecule has 5 nitrogen and oxygen atoms in total. The van der Waals surface area contributed by atoms with E-state index in [2.05, 4.69) is 21.2 Å². The van der Waals surface area contributed by atoms with Gasteiger partial charge in [0.25, 0.3) is 0 Å². The Morgan fingerprint density at radius 1 is 1.05 bits per heavy atom. The van der Waals surface area contributed by atoms with Crippen LogP contribution in [0.4, 0.5) is 0 Å². The second kappa shape index (κ2) is 10.8. The standard InChI is InChI=1S/C15H24BrNO4/c1-18-7-8-21-6-4-5-17-11-12-9-13(16)15(20-3)14(10-12)19-2/h9-10,17H,4-8,11H2,1-3H3. The summed E-state index contributed by atoms with van der Waals surface area (Å²) < 4.78 is 21.8. The summed E-state index contributed by atoms with van der Waals surface area (Å²) in [6.07, 6.45) is 0.970. The summed E-state index contributed by atoms with van der Waals surface area (Å²) >= 11 is 3.49. The highest BCUT2D eigenvalue weighted by atomic mass is 79.9. The van der Waals surface area contributed by atoms with Gasteiger partial charge in [0.05, 0.1) is 31.9 Å². The molecule has 0 saturated heterocycles. The molecule has 0 radical (unpaired) electrons. The lowest BCUT2D eigenvalue weighted by atomic mass is 10.2. The molecule has 0 saturated carbocycles. The zero-order valence-electron chi connectivity index (χ0n) is 12.9. The minimum absolute atomic E-state index is 0.646. The molecule has 0 bridgehead atoms. The summed E-state index contributed by atoms with van der Waals surface area (Å²) in [6, 6.07) is 4.01. The predicted octanol–water partition coefficient (Wildman–Crippen LogP) is 2.61. The third-order valence-corrected chi connectivity index (χ3v) is 3.49. The molecule has 0 aromatic heterocycles. The quantitative estimate of drug-likeness (QED) is 0.614. The minimum Gasteiger partial charge on any atom is -0.493 e. The molecule has 1 aromatic rings. The van der Waals surface area contributed by atoms with Gasteiger partial charge in [-0.2, -0.15) is 0 Å². The highest BCUT2D eigenvalue weighted by Crippen LogP contribution is 2.36. The summed E-state index contributed by atoms with van der Waals surface area (Å²) in [4.78, 5) is 0. The summed E-state index contributed by atoms with van der Waals surface area (Å²) in [5, 5.41) is 3.38. The number of ether oxygens (including phenoxy) is 4. The van der Waals surface area contributed by atoms with Crippen molar-refractivity contribution in [3.8, 4) is 11.5 Å². The van der Waals surface area contributed by atoms with Crippen LogP contribution in [0.1, 0.15) is 12.0 Å². The van der Waals surface area contributed by atoms with Crippen LogP contribution in [-0.2, 0) is 16.0 Å². The van der Waals surface area contributed by atoms with Gasteiger partial charge < -0.3 is 24.3 Å². The normalized spacial score (nSPS) is 10.7. The van der Waals surface area contributed by atoms with E-state index >= 15 is 0 Å². The molecule has 0 heterocycles. The smallest absolute Gasteiger partial charge is 0.174 e. The fourth-order valence-corrected chi connectivity index (χ4v) is 2.50. The molecule has 1 N–H and O–H groups in total. The van der Waals surface area contributed by atoms with Crippen LogP contribution >= 0.6 is 15.9 Å². The molecule has 1 aromatic carbocycles. The van der Waals surface area contributed by atoms with Gasteiger partial charge in [-0.05, 0) is 46.6 Å². The maximum Gasteiger partial charge on any atom is 0.174 e. The molecule has 0 spiro atoms. The van der Waals surface area contributed by atoms with Gasteiger partial charge in [-0.15, -0.1) is 0 Å². The van der Waals surface area contributed by atoms with E-state index in [1.807, 2.05) is 12.1 Å². The van der Waals surface area contributed by atoms with Crippen molar-refractivity contribution in [1.82, 2.24) is 5.32 Å². The minimum atomic E-state index is 0.646. The zero-order chi connectivity index (χ0) is 15.5. The van der Waals surface area contributed by atoms with Gasteiger partial charge in [0, 0.05) is 20.3 Å². The molecule has 0 aliphatic rings. The van der Waals surface area contributed by atoms with Gasteiger partial charge in [0.15, 0.2) is 11.5 Å². The van der Waals surface area contributed by atoms with Crippen molar-refractivity contribution >= 4 is 15.9 Å². The number of nitrogens with one attached hydrogen (secondary N) is 1. The van der Waals surface area contributed by atoms with Gasteiger partial charge in [-0.3, -0.25) is 0 Å². The molecule has 0 atom stereocenters. The number of hydrogen-bond donors (Lipinski definition) is 1. The van der Waals surface area contributed by atoms with Gasteiger partial charge in [-0.1, -0.05) is 0 Å². The Hall–Kier alpha value is -0.820. The highest BCUT2D eigenvalue weighted by molar-refractivity contribution is 9.10. The summed E-state index contributed by atoms with van der Waals surface area (Å²) in [6.45, 7) is 3.72. The Kier molecular flexibility index (Phi) is 9.41. The molecule has 0 aliphatic heterocycles. The van der Waals surface area contributed by atoms with Crippen LogP contribution in [0.15, 0.2) is 16.6 Å². The topological polar surface area (TPSA) is 49.0 Å². The molecule has 120 valence electrons. The Balaban J connectivity index is 2.31. The fourth-order valence-electron chi connectivity index (χ4n) is 1.85. The van der Waals surface area contributed by atoms with Crippen molar-refractivity contribution < 1.29 is 18.9 Å². The molecule has 0 aliphatic carbocycles. The summed E-state index contributed by atoms with van der Waals surface area (Å²) in [7, 11) is 4.94. The van der Waals surface area contributed by atoms with Crippen molar-refractivity contribution in [2.45, 2.75) is 13.0 Å². The van der Waals surface area contributed by atoms with E-state index in [4.69, 9.17) is 18.9 Å². The van der Waals surface area contributed by atoms with Crippen molar-refractivity contribution in [3.63, 3.8) is 0 Å². The highest BCUT2D eigenvalue weighted by Gasteiger charge is 2.10. The maximum atomic E-state index is 5.40. The lowest BCUT2D eigenvalue weighted by molar-refractivity contribution is 0.0695. The van der Waals surface area contributed by atoms with E-state index in [9.17, 15) is 0 Å². The molecule has 0 fully saturated rings. The molecule has 1 rings (SSSR count). The average molecular weight is 362 g/mol. The van der Waals surface area contributed by atoms with Gasteiger partial charge in [0.1, 0.15) is 0 Å². The zero-order valence-corrected chi connectivity index (χ0v) is 14.5. The summed E-state index contributed by atoms with van der Waals surface area (Å²) in [5.41, 5.74) is 1.14. The van der Waals surface area contributed by atoms with Crippen LogP contribution in [0.2, 0.25) is 0 Å². The Bertz CT molecular complexity index is 415. The average Bonchev–Trinajstić information content (AvgIpc) is 2.49. The number of methoxy groups -OCH3 is 3. The van der Waals surface area contributed by atoms with Crippen molar-refractivity contribution in [3.05, 3.63) is 22.2 Å². The fraction of sp³-hybridized carbons (Fsp3) is 0.600. The Morgan fingerprint density at radius 2 is 1.86 bits per heavy atom. The monoisotopic (exact) mass is 361 g/mol. The summed E-state index contributed by atoms with van der Waals surface area (Å²) in [5.74, 6) is 1.44. The van der Waals surface area contributed by atoms with Crippen LogP contribution in [-0.4, -0.2) is 47.7 Å². The van der Waals surface area contributed by atoms with E-state index in [0.29, 0.717) is 19.0 Å². The molecular formula is C15H24BrNO4. The van der Waals surface area contributed by atoms with E-state index in [-0.39, 0.29) is 0 Å². The van der Waals surface area contributed by atoms with Gasteiger partial charge in [0.2, 0.25) is 0 Å². The molecule has 6 heteroatoms. The Labute approximate surface area is 135 Å². The van der Waals surface area contributed by atoms with E-state index in [0.717, 1.165) is 41.9 Å². The van der Waals surface area contributed by atoms with Crippen LogP contribution < -0.4 is 14.8 Å². The Morgan fingerprint density at radius 3 is 2.52 bits per heavy atom. The van der Waals surface area contributed by atoms with Gasteiger partial charge >= 0.3 is 0 Å². The first kappa shape index (κ1) is 18.2. The maximum absolute atomic E-state index is 5.40. The molecule has 0 unspecified atom stereocenters. The number of halogens is 1. The van der Waals surface area contributed by atoms with Crippen LogP contribution in [0, 0.1) is 0 Å². The lowest BCUT2D eigenvalue weighted by Crippen LogP contribution is -2.17. The third-order valence-electron chi connectivity index (χ3n) is 2.90. The van der Waals surface area contributed by atoms with Crippen molar-refractivity contribution in [2.75, 3.05) is 47.7 Å². The number of rotatable bonds is 11. The van der Waals surface area contributed by atoms with Crippen LogP contribution in [0.3, 0.4) is 0 Å². The predicted molar refractivity (Wildman–Crippen MR) is 86.3 cm³/mol. The first-order valence-corrected chi connectivity index (χ1v) is 7.70. The van der Waals surface area contributed by atoms with Crippen LogP contribution in [0.5, 0.6) is 11.5 Å². The van der Waals surface area contributed by atoms with Crippen molar-refractivity contribution in [1.29, 1.82) is 0 Å². The molecule has 21 heavy (non-hydrogen) atoms. The van der Waals surface area contributed by atoms with Crippen LogP contribution in [0.25, 0.3) is 0 Å². The first-order valence-electron chi connectivity index (χ1n) is 6.90. The van der Waals surface area contributed by atoms with E-state index in [1.165, 1.54) is 0 Å². The van der Waals surface area contributed by atoms with Crippen molar-refractivity contribution in [2.24, 2.45) is 0 Å². The molecular weight excluding hydrogens is 338 g/mol. The second-order valence-electron chi connectivity index (χ2n) is 4.45. The van der Waals surface area contributed by atoms with E-state index in [1.54, 1.807) is 21.3 Å². The first-order chi connectivity index (χ1) is 10.2. The number of benzene rings is 1. The SMILES string of the molecule is COCCOCCCNCc1cc(Br)c(OC)c(OC)c1.